The number of carboxylic acid groups (broad SMARTS) is 1. The van der Waals surface area contributed by atoms with Crippen molar-refractivity contribution in [2.24, 2.45) is 0 Å². The summed E-state index contributed by atoms with van der Waals surface area (Å²) in [4.78, 5) is 10.4. The van der Waals surface area contributed by atoms with E-state index in [1.54, 1.807) is 0 Å². The standard InChI is InChI=1S/C16H23BO5/c1-15(2)16(3,4)22-17(21-15)12-7-9-13(10-8-12)20-11-5-6-14(18)19/h7-10H,5-6,11H2,1-4H3,(H,18,19). The number of carbonyl (C=O) groups is 1. The van der Waals surface area contributed by atoms with Crippen LogP contribution in [0.1, 0.15) is 40.5 Å². The van der Waals surface area contributed by atoms with E-state index in [4.69, 9.17) is 19.2 Å². The molecule has 0 radical (unpaired) electrons. The summed E-state index contributed by atoms with van der Waals surface area (Å²) in [7, 11) is -0.383. The molecule has 120 valence electrons. The lowest BCUT2D eigenvalue weighted by Gasteiger charge is -2.32. The molecule has 5 nitrogen and oxygen atoms in total. The van der Waals surface area contributed by atoms with E-state index in [-0.39, 0.29) is 24.7 Å². The van der Waals surface area contributed by atoms with E-state index in [9.17, 15) is 4.79 Å². The lowest BCUT2D eigenvalue weighted by molar-refractivity contribution is -0.137. The zero-order valence-corrected chi connectivity index (χ0v) is 13.6. The molecule has 0 aromatic heterocycles. The van der Waals surface area contributed by atoms with Gasteiger partial charge in [-0.2, -0.15) is 0 Å². The highest BCUT2D eigenvalue weighted by Crippen LogP contribution is 2.36. The third-order valence-corrected chi connectivity index (χ3v) is 4.21. The molecule has 1 heterocycles. The Kier molecular flexibility index (Phi) is 4.82. The van der Waals surface area contributed by atoms with Crippen molar-refractivity contribution in [2.45, 2.75) is 51.7 Å². The Morgan fingerprint density at radius 2 is 1.68 bits per heavy atom. The first-order chi connectivity index (χ1) is 10.2. The van der Waals surface area contributed by atoms with Crippen molar-refractivity contribution < 1.29 is 23.9 Å². The molecule has 0 atom stereocenters. The van der Waals surface area contributed by atoms with Gasteiger partial charge in [0.05, 0.1) is 17.8 Å². The van der Waals surface area contributed by atoms with Gasteiger partial charge in [-0.3, -0.25) is 4.79 Å². The Bertz CT molecular complexity index is 508. The number of rotatable bonds is 6. The largest absolute Gasteiger partial charge is 0.494 e. The van der Waals surface area contributed by atoms with Gasteiger partial charge in [-0.05, 0) is 51.7 Å². The van der Waals surface area contributed by atoms with Crippen molar-refractivity contribution >= 4 is 18.6 Å². The Morgan fingerprint density at radius 3 is 2.18 bits per heavy atom. The summed E-state index contributed by atoms with van der Waals surface area (Å²) in [5.41, 5.74) is 0.226. The number of ether oxygens (including phenoxy) is 1. The molecule has 0 aliphatic carbocycles. The third-order valence-electron chi connectivity index (χ3n) is 4.21. The van der Waals surface area contributed by atoms with E-state index in [2.05, 4.69) is 0 Å². The van der Waals surface area contributed by atoms with Crippen molar-refractivity contribution in [2.75, 3.05) is 6.61 Å². The average molecular weight is 306 g/mol. The molecule has 0 amide bonds. The van der Waals surface area contributed by atoms with Crippen LogP contribution in [0.15, 0.2) is 24.3 Å². The number of carboxylic acids is 1. The topological polar surface area (TPSA) is 65.0 Å². The summed E-state index contributed by atoms with van der Waals surface area (Å²) in [6.07, 6.45) is 0.611. The van der Waals surface area contributed by atoms with Crippen LogP contribution in [0.2, 0.25) is 0 Å². The first-order valence-corrected chi connectivity index (χ1v) is 7.51. The third kappa shape index (κ3) is 3.81. The highest BCUT2D eigenvalue weighted by atomic mass is 16.7. The van der Waals surface area contributed by atoms with Gasteiger partial charge < -0.3 is 19.2 Å². The van der Waals surface area contributed by atoms with Crippen LogP contribution in [0.25, 0.3) is 0 Å². The molecule has 6 heteroatoms. The van der Waals surface area contributed by atoms with Crippen LogP contribution in [0.5, 0.6) is 5.75 Å². The van der Waals surface area contributed by atoms with E-state index in [1.807, 2.05) is 52.0 Å². The summed E-state index contributed by atoms with van der Waals surface area (Å²) in [5.74, 6) is -0.0923. The van der Waals surface area contributed by atoms with Crippen molar-refractivity contribution in [1.29, 1.82) is 0 Å². The molecule has 0 saturated carbocycles. The van der Waals surface area contributed by atoms with Crippen LogP contribution in [0, 0.1) is 0 Å². The minimum absolute atomic E-state index is 0.117. The van der Waals surface area contributed by atoms with E-state index >= 15 is 0 Å². The van der Waals surface area contributed by atoms with Crippen molar-refractivity contribution in [3.63, 3.8) is 0 Å². The fourth-order valence-electron chi connectivity index (χ4n) is 2.11. The molecule has 1 saturated heterocycles. The van der Waals surface area contributed by atoms with E-state index in [1.165, 1.54) is 0 Å². The quantitative estimate of drug-likeness (QED) is 0.645. The Balaban J connectivity index is 1.91. The maximum atomic E-state index is 10.4. The predicted octanol–water partition coefficient (Wildman–Crippen LogP) is 2.23. The van der Waals surface area contributed by atoms with Crippen LogP contribution in [-0.2, 0) is 14.1 Å². The van der Waals surface area contributed by atoms with Crippen LogP contribution in [-0.4, -0.2) is 36.0 Å². The Morgan fingerprint density at radius 1 is 1.14 bits per heavy atom. The zero-order valence-electron chi connectivity index (χ0n) is 13.6. The molecular formula is C16H23BO5. The molecular weight excluding hydrogens is 283 g/mol. The summed E-state index contributed by atoms with van der Waals surface area (Å²) in [6.45, 7) is 8.47. The highest BCUT2D eigenvalue weighted by molar-refractivity contribution is 6.62. The maximum absolute atomic E-state index is 10.4. The van der Waals surface area contributed by atoms with Gasteiger partial charge in [0.15, 0.2) is 0 Å². The number of aliphatic carboxylic acids is 1. The van der Waals surface area contributed by atoms with Crippen molar-refractivity contribution in [3.05, 3.63) is 24.3 Å². The SMILES string of the molecule is CC1(C)OB(c2ccc(OCCCC(=O)O)cc2)OC1(C)C. The summed E-state index contributed by atoms with van der Waals surface area (Å²) in [6, 6.07) is 7.52. The van der Waals surface area contributed by atoms with Gasteiger partial charge in [-0.15, -0.1) is 0 Å². The first-order valence-electron chi connectivity index (χ1n) is 7.51. The average Bonchev–Trinajstić information content (AvgIpc) is 2.64. The minimum Gasteiger partial charge on any atom is -0.494 e. The molecule has 2 rings (SSSR count). The van der Waals surface area contributed by atoms with Crippen LogP contribution in [0.4, 0.5) is 0 Å². The molecule has 0 unspecified atom stereocenters. The van der Waals surface area contributed by atoms with E-state index < -0.39 is 5.97 Å². The molecule has 1 N–H and O–H groups in total. The number of hydrogen-bond acceptors (Lipinski definition) is 4. The number of hydrogen-bond donors (Lipinski definition) is 1. The second-order valence-electron chi connectivity index (χ2n) is 6.50. The second-order valence-corrected chi connectivity index (χ2v) is 6.50. The van der Waals surface area contributed by atoms with Gasteiger partial charge >= 0.3 is 13.1 Å². The first kappa shape index (κ1) is 16.8. The molecule has 1 fully saturated rings. The molecule has 1 aromatic rings. The summed E-state index contributed by atoms with van der Waals surface area (Å²) < 4.78 is 17.5. The molecule has 0 spiro atoms. The fraction of sp³-hybridized carbons (Fsp3) is 0.562. The molecule has 1 aliphatic rings. The monoisotopic (exact) mass is 306 g/mol. The predicted molar refractivity (Wildman–Crippen MR) is 84.5 cm³/mol. The molecule has 1 aliphatic heterocycles. The van der Waals surface area contributed by atoms with Gasteiger partial charge in [0, 0.05) is 6.42 Å². The van der Waals surface area contributed by atoms with Gasteiger partial charge in [-0.1, -0.05) is 12.1 Å². The lowest BCUT2D eigenvalue weighted by Crippen LogP contribution is -2.41. The Hall–Kier alpha value is -1.53. The van der Waals surface area contributed by atoms with E-state index in [0.29, 0.717) is 18.8 Å². The van der Waals surface area contributed by atoms with Crippen molar-refractivity contribution in [1.82, 2.24) is 0 Å². The molecule has 0 bridgehead atoms. The fourth-order valence-corrected chi connectivity index (χ4v) is 2.11. The minimum atomic E-state index is -0.806. The Labute approximate surface area is 131 Å². The zero-order chi connectivity index (χ0) is 16.4. The molecule has 22 heavy (non-hydrogen) atoms. The highest BCUT2D eigenvalue weighted by Gasteiger charge is 2.51. The van der Waals surface area contributed by atoms with Gasteiger partial charge in [0.1, 0.15) is 5.75 Å². The molecule has 1 aromatic carbocycles. The van der Waals surface area contributed by atoms with Crippen molar-refractivity contribution in [3.8, 4) is 5.75 Å². The van der Waals surface area contributed by atoms with Crippen LogP contribution >= 0.6 is 0 Å². The van der Waals surface area contributed by atoms with Gasteiger partial charge in [-0.25, -0.2) is 0 Å². The van der Waals surface area contributed by atoms with E-state index in [0.717, 1.165) is 5.46 Å². The smallest absolute Gasteiger partial charge is 0.494 e. The summed E-state index contributed by atoms with van der Waals surface area (Å²) in [5, 5.41) is 8.57. The normalized spacial score (nSPS) is 19.2. The maximum Gasteiger partial charge on any atom is 0.494 e. The van der Waals surface area contributed by atoms with Crippen LogP contribution < -0.4 is 10.2 Å². The number of benzene rings is 1. The van der Waals surface area contributed by atoms with Crippen LogP contribution in [0.3, 0.4) is 0 Å². The van der Waals surface area contributed by atoms with Gasteiger partial charge in [0.25, 0.3) is 0 Å². The second kappa shape index (κ2) is 6.30. The van der Waals surface area contributed by atoms with Gasteiger partial charge in [0.2, 0.25) is 0 Å². The summed E-state index contributed by atoms with van der Waals surface area (Å²) >= 11 is 0. The lowest BCUT2D eigenvalue weighted by atomic mass is 9.79.